The second-order valence-electron chi connectivity index (χ2n) is 4.41. The number of hydrogen-bond acceptors (Lipinski definition) is 3. The SMILES string of the molecule is Cc1ccc(-c2nc(Cl)c(I)c(C(C)C)n2)nc1. The van der Waals surface area contributed by atoms with Crippen LogP contribution in [-0.4, -0.2) is 15.0 Å². The highest BCUT2D eigenvalue weighted by Gasteiger charge is 2.15. The van der Waals surface area contributed by atoms with Crippen LogP contribution in [0.2, 0.25) is 5.15 Å². The average Bonchev–Trinajstić information content (AvgIpc) is 2.33. The van der Waals surface area contributed by atoms with Crippen LogP contribution in [-0.2, 0) is 0 Å². The van der Waals surface area contributed by atoms with Gasteiger partial charge in [0.15, 0.2) is 5.82 Å². The molecule has 0 aromatic carbocycles. The Morgan fingerprint density at radius 1 is 1.22 bits per heavy atom. The number of hydrogen-bond donors (Lipinski definition) is 0. The van der Waals surface area contributed by atoms with Gasteiger partial charge in [0.25, 0.3) is 0 Å². The maximum absolute atomic E-state index is 6.16. The molecule has 5 heteroatoms. The van der Waals surface area contributed by atoms with Crippen LogP contribution in [0.5, 0.6) is 0 Å². The zero-order valence-corrected chi connectivity index (χ0v) is 13.3. The van der Waals surface area contributed by atoms with Crippen molar-refractivity contribution in [2.75, 3.05) is 0 Å². The van der Waals surface area contributed by atoms with E-state index in [2.05, 4.69) is 51.4 Å². The smallest absolute Gasteiger partial charge is 0.179 e. The van der Waals surface area contributed by atoms with Crippen LogP contribution in [0.15, 0.2) is 18.3 Å². The average molecular weight is 374 g/mol. The summed E-state index contributed by atoms with van der Waals surface area (Å²) in [6, 6.07) is 3.91. The highest BCUT2D eigenvalue weighted by Crippen LogP contribution is 2.27. The molecule has 2 heterocycles. The van der Waals surface area contributed by atoms with Gasteiger partial charge < -0.3 is 0 Å². The summed E-state index contributed by atoms with van der Waals surface area (Å²) < 4.78 is 0.917. The zero-order chi connectivity index (χ0) is 13.3. The molecule has 0 bridgehead atoms. The summed E-state index contributed by atoms with van der Waals surface area (Å²) in [6.45, 7) is 6.18. The van der Waals surface area contributed by atoms with Gasteiger partial charge in [-0.25, -0.2) is 9.97 Å². The van der Waals surface area contributed by atoms with Crippen molar-refractivity contribution in [3.63, 3.8) is 0 Å². The molecule has 94 valence electrons. The fraction of sp³-hybridized carbons (Fsp3) is 0.308. The van der Waals surface area contributed by atoms with E-state index in [9.17, 15) is 0 Å². The van der Waals surface area contributed by atoms with Crippen molar-refractivity contribution in [1.29, 1.82) is 0 Å². The normalized spacial score (nSPS) is 11.0. The van der Waals surface area contributed by atoms with Gasteiger partial charge in [0.2, 0.25) is 0 Å². The van der Waals surface area contributed by atoms with Crippen molar-refractivity contribution in [3.8, 4) is 11.5 Å². The Morgan fingerprint density at radius 3 is 2.50 bits per heavy atom. The standard InChI is InChI=1S/C13H13ClIN3/c1-7(2)11-10(15)12(14)18-13(17-11)9-5-4-8(3)6-16-9/h4-7H,1-3H3. The molecule has 0 aliphatic rings. The summed E-state index contributed by atoms with van der Waals surface area (Å²) in [6.07, 6.45) is 1.81. The van der Waals surface area contributed by atoms with E-state index < -0.39 is 0 Å². The summed E-state index contributed by atoms with van der Waals surface area (Å²) >= 11 is 8.34. The molecule has 2 aromatic heterocycles. The van der Waals surface area contributed by atoms with E-state index in [0.717, 1.165) is 20.5 Å². The number of halogens is 2. The van der Waals surface area contributed by atoms with E-state index in [0.29, 0.717) is 16.9 Å². The maximum atomic E-state index is 6.16. The second kappa shape index (κ2) is 5.48. The third-order valence-electron chi connectivity index (χ3n) is 2.52. The maximum Gasteiger partial charge on any atom is 0.179 e. The Morgan fingerprint density at radius 2 is 1.94 bits per heavy atom. The number of nitrogens with zero attached hydrogens (tertiary/aromatic N) is 3. The first-order valence-electron chi connectivity index (χ1n) is 5.65. The van der Waals surface area contributed by atoms with E-state index >= 15 is 0 Å². The lowest BCUT2D eigenvalue weighted by atomic mass is 10.1. The van der Waals surface area contributed by atoms with E-state index in [1.54, 1.807) is 6.20 Å². The Labute approximate surface area is 125 Å². The van der Waals surface area contributed by atoms with E-state index in [4.69, 9.17) is 11.6 Å². The Bertz CT molecular complexity index is 567. The molecule has 0 N–H and O–H groups in total. The fourth-order valence-electron chi connectivity index (χ4n) is 1.53. The molecule has 0 aliphatic heterocycles. The van der Waals surface area contributed by atoms with Gasteiger partial charge in [-0.05, 0) is 47.1 Å². The molecular weight excluding hydrogens is 361 g/mol. The van der Waals surface area contributed by atoms with E-state index in [1.807, 2.05) is 19.1 Å². The quantitative estimate of drug-likeness (QED) is 0.584. The van der Waals surface area contributed by atoms with Gasteiger partial charge in [0, 0.05) is 6.20 Å². The topological polar surface area (TPSA) is 38.7 Å². The predicted octanol–water partition coefficient (Wildman–Crippen LogP) is 4.23. The molecule has 0 spiro atoms. The van der Waals surface area contributed by atoms with Crippen molar-refractivity contribution >= 4 is 34.2 Å². The number of aromatic nitrogens is 3. The molecule has 0 amide bonds. The molecule has 3 nitrogen and oxygen atoms in total. The molecule has 0 saturated heterocycles. The van der Waals surface area contributed by atoms with E-state index in [-0.39, 0.29) is 0 Å². The monoisotopic (exact) mass is 373 g/mol. The summed E-state index contributed by atoms with van der Waals surface area (Å²) in [5.74, 6) is 0.894. The highest BCUT2D eigenvalue weighted by molar-refractivity contribution is 14.1. The van der Waals surface area contributed by atoms with Crippen molar-refractivity contribution in [1.82, 2.24) is 15.0 Å². The van der Waals surface area contributed by atoms with Gasteiger partial charge in [0.05, 0.1) is 9.26 Å². The number of pyridine rings is 1. The highest BCUT2D eigenvalue weighted by atomic mass is 127. The third-order valence-corrected chi connectivity index (χ3v) is 4.18. The lowest BCUT2D eigenvalue weighted by molar-refractivity contribution is 0.807. The van der Waals surface area contributed by atoms with Gasteiger partial charge in [-0.2, -0.15) is 0 Å². The summed E-state index contributed by atoms with van der Waals surface area (Å²) in [5.41, 5.74) is 2.83. The van der Waals surface area contributed by atoms with Crippen LogP contribution < -0.4 is 0 Å². The molecule has 0 aliphatic carbocycles. The predicted molar refractivity (Wildman–Crippen MR) is 81.8 cm³/mol. The molecule has 0 unspecified atom stereocenters. The van der Waals surface area contributed by atoms with Gasteiger partial charge in [0.1, 0.15) is 10.8 Å². The van der Waals surface area contributed by atoms with Crippen molar-refractivity contribution < 1.29 is 0 Å². The second-order valence-corrected chi connectivity index (χ2v) is 5.85. The van der Waals surface area contributed by atoms with Crippen LogP contribution >= 0.6 is 34.2 Å². The van der Waals surface area contributed by atoms with Crippen molar-refractivity contribution in [2.45, 2.75) is 26.7 Å². The van der Waals surface area contributed by atoms with Gasteiger partial charge in [-0.1, -0.05) is 31.5 Å². The van der Waals surface area contributed by atoms with Crippen molar-refractivity contribution in [2.24, 2.45) is 0 Å². The molecule has 0 atom stereocenters. The molecule has 0 saturated carbocycles. The minimum atomic E-state index is 0.307. The van der Waals surface area contributed by atoms with Gasteiger partial charge >= 0.3 is 0 Å². The Balaban J connectivity index is 2.55. The number of aryl methyl sites for hydroxylation is 1. The van der Waals surface area contributed by atoms with Crippen LogP contribution in [0.1, 0.15) is 31.0 Å². The lowest BCUT2D eigenvalue weighted by Crippen LogP contribution is -2.03. The molecule has 0 radical (unpaired) electrons. The Hall–Kier alpha value is -0.750. The number of rotatable bonds is 2. The summed E-state index contributed by atoms with van der Waals surface area (Å²) in [4.78, 5) is 13.2. The first kappa shape index (κ1) is 13.7. The van der Waals surface area contributed by atoms with Gasteiger partial charge in [-0.3, -0.25) is 4.98 Å². The molecular formula is C13H13ClIN3. The van der Waals surface area contributed by atoms with Crippen LogP contribution in [0.4, 0.5) is 0 Å². The Kier molecular flexibility index (Phi) is 4.17. The zero-order valence-electron chi connectivity index (χ0n) is 10.4. The lowest BCUT2D eigenvalue weighted by Gasteiger charge is -2.10. The third kappa shape index (κ3) is 2.80. The van der Waals surface area contributed by atoms with Crippen LogP contribution in [0, 0.1) is 10.5 Å². The molecule has 0 fully saturated rings. The summed E-state index contributed by atoms with van der Waals surface area (Å²) in [7, 11) is 0. The molecule has 2 aromatic rings. The summed E-state index contributed by atoms with van der Waals surface area (Å²) in [5, 5.41) is 0.492. The van der Waals surface area contributed by atoms with Gasteiger partial charge in [-0.15, -0.1) is 0 Å². The van der Waals surface area contributed by atoms with Crippen LogP contribution in [0.3, 0.4) is 0 Å². The largest absolute Gasteiger partial charge is 0.253 e. The van der Waals surface area contributed by atoms with Crippen molar-refractivity contribution in [3.05, 3.63) is 38.3 Å². The minimum Gasteiger partial charge on any atom is -0.253 e. The fourth-order valence-corrected chi connectivity index (χ4v) is 2.57. The van der Waals surface area contributed by atoms with E-state index in [1.165, 1.54) is 0 Å². The minimum absolute atomic E-state index is 0.307. The molecule has 2 rings (SSSR count). The first-order valence-corrected chi connectivity index (χ1v) is 7.10. The first-order chi connectivity index (χ1) is 8.49. The molecule has 18 heavy (non-hydrogen) atoms. The van der Waals surface area contributed by atoms with Crippen LogP contribution in [0.25, 0.3) is 11.5 Å².